The van der Waals surface area contributed by atoms with E-state index in [2.05, 4.69) is 16.9 Å². The summed E-state index contributed by atoms with van der Waals surface area (Å²) in [4.78, 5) is 6.61. The Bertz CT molecular complexity index is 381. The minimum atomic E-state index is 0.670. The van der Waals surface area contributed by atoms with E-state index in [1.165, 1.54) is 19.4 Å². The molecule has 4 nitrogen and oxygen atoms in total. The summed E-state index contributed by atoms with van der Waals surface area (Å²) in [6.07, 6.45) is 5.31. The Kier molecular flexibility index (Phi) is 3.84. The quantitative estimate of drug-likeness (QED) is 0.865. The average Bonchev–Trinajstić information content (AvgIpc) is 2.68. The van der Waals surface area contributed by atoms with Crippen LogP contribution < -0.4 is 10.5 Å². The Morgan fingerprint density at radius 3 is 3.06 bits per heavy atom. The number of aromatic nitrogens is 1. The van der Waals surface area contributed by atoms with Gasteiger partial charge in [-0.3, -0.25) is 0 Å². The molecule has 2 heterocycles. The van der Waals surface area contributed by atoms with Crippen molar-refractivity contribution in [3.63, 3.8) is 0 Å². The van der Waals surface area contributed by atoms with Crippen LogP contribution in [0.5, 0.6) is 5.88 Å². The zero-order valence-corrected chi connectivity index (χ0v) is 10.6. The van der Waals surface area contributed by atoms with Crippen molar-refractivity contribution < 1.29 is 4.74 Å². The minimum absolute atomic E-state index is 0.670. The smallest absolute Gasteiger partial charge is 0.216 e. The molecule has 0 aromatic carbocycles. The summed E-state index contributed by atoms with van der Waals surface area (Å²) in [6.45, 7) is 3.91. The highest BCUT2D eigenvalue weighted by Crippen LogP contribution is 2.20. The topological polar surface area (TPSA) is 51.4 Å². The van der Waals surface area contributed by atoms with Crippen molar-refractivity contribution in [3.8, 4) is 5.88 Å². The van der Waals surface area contributed by atoms with E-state index in [0.717, 1.165) is 18.6 Å². The molecule has 1 aromatic rings. The van der Waals surface area contributed by atoms with Gasteiger partial charge in [0, 0.05) is 11.6 Å². The summed E-state index contributed by atoms with van der Waals surface area (Å²) in [5, 5.41) is 0. The van der Waals surface area contributed by atoms with Crippen LogP contribution in [-0.2, 0) is 0 Å². The number of nitrogens with zero attached hydrogens (tertiary/aromatic N) is 2. The lowest BCUT2D eigenvalue weighted by Gasteiger charge is -2.19. The molecule has 1 aromatic heterocycles. The van der Waals surface area contributed by atoms with Crippen LogP contribution in [0.4, 0.5) is 5.69 Å². The fourth-order valence-electron chi connectivity index (χ4n) is 2.37. The average molecular weight is 235 g/mol. The third kappa shape index (κ3) is 3.09. The summed E-state index contributed by atoms with van der Waals surface area (Å²) < 4.78 is 5.71. The summed E-state index contributed by atoms with van der Waals surface area (Å²) >= 11 is 0. The third-order valence-electron chi connectivity index (χ3n) is 3.41. The molecule has 2 rings (SSSR count). The Hall–Kier alpha value is -1.29. The lowest BCUT2D eigenvalue weighted by atomic mass is 10.1. The first-order valence-corrected chi connectivity index (χ1v) is 6.22. The van der Waals surface area contributed by atoms with Crippen LogP contribution >= 0.6 is 0 Å². The molecule has 1 fully saturated rings. The molecule has 0 bridgehead atoms. The fourth-order valence-corrected chi connectivity index (χ4v) is 2.37. The number of hydrogen-bond acceptors (Lipinski definition) is 4. The van der Waals surface area contributed by atoms with E-state index in [4.69, 9.17) is 10.5 Å². The molecule has 0 amide bonds. The van der Waals surface area contributed by atoms with Gasteiger partial charge in [0.05, 0.1) is 18.5 Å². The molecular weight excluding hydrogens is 214 g/mol. The van der Waals surface area contributed by atoms with Crippen LogP contribution in [0, 0.1) is 6.92 Å². The number of rotatable bonds is 4. The first-order chi connectivity index (χ1) is 8.16. The van der Waals surface area contributed by atoms with Gasteiger partial charge in [-0.2, -0.15) is 0 Å². The first kappa shape index (κ1) is 12.2. The minimum Gasteiger partial charge on any atom is -0.477 e. The Morgan fingerprint density at radius 2 is 2.41 bits per heavy atom. The van der Waals surface area contributed by atoms with E-state index in [1.54, 1.807) is 6.20 Å². The second-order valence-electron chi connectivity index (χ2n) is 4.80. The van der Waals surface area contributed by atoms with Crippen molar-refractivity contribution in [2.45, 2.75) is 32.2 Å². The van der Waals surface area contributed by atoms with Gasteiger partial charge in [-0.05, 0) is 45.8 Å². The van der Waals surface area contributed by atoms with E-state index in [9.17, 15) is 0 Å². The predicted octanol–water partition coefficient (Wildman–Crippen LogP) is 1.84. The monoisotopic (exact) mass is 235 g/mol. The zero-order chi connectivity index (χ0) is 12.3. The number of nitrogens with two attached hydrogens (primary N) is 1. The number of hydrogen-bond donors (Lipinski definition) is 1. The summed E-state index contributed by atoms with van der Waals surface area (Å²) in [5.41, 5.74) is 7.34. The second kappa shape index (κ2) is 5.36. The highest BCUT2D eigenvalue weighted by atomic mass is 16.5. The Morgan fingerprint density at radius 1 is 1.59 bits per heavy atom. The first-order valence-electron chi connectivity index (χ1n) is 6.22. The van der Waals surface area contributed by atoms with Crippen molar-refractivity contribution >= 4 is 5.69 Å². The second-order valence-corrected chi connectivity index (χ2v) is 4.80. The maximum Gasteiger partial charge on any atom is 0.216 e. The highest BCUT2D eigenvalue weighted by Gasteiger charge is 2.20. The van der Waals surface area contributed by atoms with Crippen molar-refractivity contribution in [2.75, 3.05) is 25.9 Å². The molecule has 1 aliphatic rings. The number of ether oxygens (including phenoxy) is 1. The molecular formula is C13H21N3O. The molecule has 0 spiro atoms. The van der Waals surface area contributed by atoms with Gasteiger partial charge < -0.3 is 15.4 Å². The van der Waals surface area contributed by atoms with Crippen molar-refractivity contribution in [2.24, 2.45) is 0 Å². The normalized spacial score (nSPS) is 20.7. The molecule has 94 valence electrons. The van der Waals surface area contributed by atoms with Gasteiger partial charge in [0.2, 0.25) is 5.88 Å². The molecule has 1 saturated heterocycles. The van der Waals surface area contributed by atoms with Crippen LogP contribution in [0.25, 0.3) is 0 Å². The van der Waals surface area contributed by atoms with Gasteiger partial charge >= 0.3 is 0 Å². The van der Waals surface area contributed by atoms with E-state index in [1.807, 2.05) is 13.0 Å². The van der Waals surface area contributed by atoms with Crippen molar-refractivity contribution in [3.05, 3.63) is 17.8 Å². The number of nitrogen functional groups attached to an aromatic ring is 1. The standard InChI is InChI=1S/C13H21N3O/c1-10-8-11(14)9-15-13(10)17-7-5-12-4-3-6-16(12)2/h8-9,12H,3-7,14H2,1-2H3. The Labute approximate surface area is 103 Å². The van der Waals surface area contributed by atoms with Crippen molar-refractivity contribution in [1.29, 1.82) is 0 Å². The predicted molar refractivity (Wildman–Crippen MR) is 69.2 cm³/mol. The van der Waals surface area contributed by atoms with E-state index in [0.29, 0.717) is 17.6 Å². The molecule has 1 aliphatic heterocycles. The fraction of sp³-hybridized carbons (Fsp3) is 0.615. The van der Waals surface area contributed by atoms with Gasteiger partial charge in [0.15, 0.2) is 0 Å². The molecule has 4 heteroatoms. The van der Waals surface area contributed by atoms with Crippen LogP contribution in [-0.4, -0.2) is 36.1 Å². The molecule has 0 saturated carbocycles. The van der Waals surface area contributed by atoms with E-state index in [-0.39, 0.29) is 0 Å². The maximum absolute atomic E-state index is 5.71. The molecule has 1 unspecified atom stereocenters. The number of anilines is 1. The lowest BCUT2D eigenvalue weighted by Crippen LogP contribution is -2.26. The van der Waals surface area contributed by atoms with Crippen LogP contribution in [0.2, 0.25) is 0 Å². The van der Waals surface area contributed by atoms with E-state index >= 15 is 0 Å². The Balaban J connectivity index is 1.81. The molecule has 0 radical (unpaired) electrons. The van der Waals surface area contributed by atoms with Crippen LogP contribution in [0.1, 0.15) is 24.8 Å². The number of aryl methyl sites for hydroxylation is 1. The molecule has 17 heavy (non-hydrogen) atoms. The van der Waals surface area contributed by atoms with Gasteiger partial charge in [-0.1, -0.05) is 0 Å². The van der Waals surface area contributed by atoms with Gasteiger partial charge in [-0.15, -0.1) is 0 Å². The molecule has 0 aliphatic carbocycles. The van der Waals surface area contributed by atoms with E-state index < -0.39 is 0 Å². The maximum atomic E-state index is 5.71. The highest BCUT2D eigenvalue weighted by molar-refractivity contribution is 5.41. The summed E-state index contributed by atoms with van der Waals surface area (Å²) in [7, 11) is 2.18. The van der Waals surface area contributed by atoms with Crippen LogP contribution in [0.3, 0.4) is 0 Å². The number of likely N-dealkylation sites (tertiary alicyclic amines) is 1. The lowest BCUT2D eigenvalue weighted by molar-refractivity contribution is 0.228. The van der Waals surface area contributed by atoms with Gasteiger partial charge in [0.25, 0.3) is 0 Å². The third-order valence-corrected chi connectivity index (χ3v) is 3.41. The summed E-state index contributed by atoms with van der Waals surface area (Å²) in [5.74, 6) is 0.708. The van der Waals surface area contributed by atoms with Gasteiger partial charge in [0.1, 0.15) is 0 Å². The molecule has 1 atom stereocenters. The summed E-state index contributed by atoms with van der Waals surface area (Å²) in [6, 6.07) is 2.56. The largest absolute Gasteiger partial charge is 0.477 e. The van der Waals surface area contributed by atoms with Gasteiger partial charge in [-0.25, -0.2) is 4.98 Å². The number of pyridine rings is 1. The zero-order valence-electron chi connectivity index (χ0n) is 10.6. The SMILES string of the molecule is Cc1cc(N)cnc1OCCC1CCCN1C. The van der Waals surface area contributed by atoms with Crippen molar-refractivity contribution in [1.82, 2.24) is 9.88 Å². The van der Waals surface area contributed by atoms with Crippen LogP contribution in [0.15, 0.2) is 12.3 Å². The molecule has 2 N–H and O–H groups in total.